The average molecular weight is 282 g/mol. The van der Waals surface area contributed by atoms with Gasteiger partial charge in [-0.15, -0.1) is 0 Å². The second kappa shape index (κ2) is 4.20. The van der Waals surface area contributed by atoms with Crippen LogP contribution in [0.1, 0.15) is 19.4 Å². The highest BCUT2D eigenvalue weighted by Gasteiger charge is 2.21. The van der Waals surface area contributed by atoms with Gasteiger partial charge in [0.15, 0.2) is 0 Å². The Balaban J connectivity index is 3.20. The number of benzene rings is 1. The van der Waals surface area contributed by atoms with E-state index in [0.29, 0.717) is 0 Å². The molecule has 72 valence electrons. The maximum atomic E-state index is 6.08. The molecule has 0 amide bonds. The van der Waals surface area contributed by atoms with Gasteiger partial charge >= 0.3 is 0 Å². The predicted octanol–water partition coefficient (Wildman–Crippen LogP) is 4.67. The molecular formula is C10H11BrCl2. The minimum Gasteiger partial charge on any atom is -0.0919 e. The Labute approximate surface area is 97.4 Å². The molecule has 0 heterocycles. The lowest BCUT2D eigenvalue weighted by Crippen LogP contribution is -2.19. The van der Waals surface area contributed by atoms with Crippen LogP contribution in [0.3, 0.4) is 0 Å². The first-order valence-electron chi connectivity index (χ1n) is 3.99. The lowest BCUT2D eigenvalue weighted by Gasteiger charge is -2.23. The van der Waals surface area contributed by atoms with Crippen molar-refractivity contribution in [3.8, 4) is 0 Å². The van der Waals surface area contributed by atoms with Crippen LogP contribution in [0.25, 0.3) is 0 Å². The summed E-state index contributed by atoms with van der Waals surface area (Å²) in [6, 6.07) is 5.56. The van der Waals surface area contributed by atoms with E-state index in [0.717, 1.165) is 20.9 Å². The number of hydrogen-bond acceptors (Lipinski definition) is 0. The Morgan fingerprint density at radius 1 is 1.31 bits per heavy atom. The molecule has 0 aliphatic rings. The van der Waals surface area contributed by atoms with Gasteiger partial charge in [-0.2, -0.15) is 0 Å². The van der Waals surface area contributed by atoms with Gasteiger partial charge in [-0.3, -0.25) is 0 Å². The highest BCUT2D eigenvalue weighted by molar-refractivity contribution is 9.09. The molecule has 0 aliphatic heterocycles. The summed E-state index contributed by atoms with van der Waals surface area (Å²) in [7, 11) is 0. The summed E-state index contributed by atoms with van der Waals surface area (Å²) in [5, 5.41) is 2.36. The third kappa shape index (κ3) is 2.61. The lowest BCUT2D eigenvalue weighted by molar-refractivity contribution is 0.607. The van der Waals surface area contributed by atoms with Crippen molar-refractivity contribution in [1.29, 1.82) is 0 Å². The van der Waals surface area contributed by atoms with Crippen LogP contribution in [-0.4, -0.2) is 5.33 Å². The third-order valence-electron chi connectivity index (χ3n) is 1.99. The molecule has 1 aromatic carbocycles. The van der Waals surface area contributed by atoms with E-state index in [1.54, 1.807) is 6.07 Å². The Bertz CT molecular complexity index is 308. The van der Waals surface area contributed by atoms with Crippen molar-refractivity contribution in [2.75, 3.05) is 5.33 Å². The zero-order valence-corrected chi connectivity index (χ0v) is 10.7. The second-order valence-corrected chi connectivity index (χ2v) is 5.05. The standard InChI is InChI=1S/C10H11BrCl2/c1-10(2,6-11)8-5-7(12)3-4-9(8)13/h3-5H,6H2,1-2H3. The minimum atomic E-state index is 0.0159. The van der Waals surface area contributed by atoms with Crippen molar-refractivity contribution >= 4 is 39.1 Å². The zero-order chi connectivity index (χ0) is 10.1. The van der Waals surface area contributed by atoms with Crippen LogP contribution in [0.15, 0.2) is 18.2 Å². The van der Waals surface area contributed by atoms with Crippen LogP contribution in [0.4, 0.5) is 0 Å². The van der Waals surface area contributed by atoms with Crippen molar-refractivity contribution in [2.45, 2.75) is 19.3 Å². The number of rotatable bonds is 2. The molecule has 0 unspecified atom stereocenters. The van der Waals surface area contributed by atoms with E-state index >= 15 is 0 Å². The van der Waals surface area contributed by atoms with Crippen LogP contribution < -0.4 is 0 Å². The first-order valence-corrected chi connectivity index (χ1v) is 5.86. The largest absolute Gasteiger partial charge is 0.0919 e. The fourth-order valence-corrected chi connectivity index (χ4v) is 1.94. The molecule has 0 saturated heterocycles. The number of halogens is 3. The molecule has 0 aromatic heterocycles. The summed E-state index contributed by atoms with van der Waals surface area (Å²) in [5.41, 5.74) is 1.10. The summed E-state index contributed by atoms with van der Waals surface area (Å²) < 4.78 is 0. The molecule has 0 nitrogen and oxygen atoms in total. The maximum absolute atomic E-state index is 6.08. The van der Waals surface area contributed by atoms with Crippen molar-refractivity contribution < 1.29 is 0 Å². The molecule has 3 heteroatoms. The van der Waals surface area contributed by atoms with Gasteiger partial charge in [-0.05, 0) is 23.8 Å². The van der Waals surface area contributed by atoms with Crippen LogP contribution in [-0.2, 0) is 5.41 Å². The van der Waals surface area contributed by atoms with Crippen LogP contribution in [0, 0.1) is 0 Å². The molecule has 0 spiro atoms. The number of alkyl halides is 1. The van der Waals surface area contributed by atoms with E-state index in [-0.39, 0.29) is 5.41 Å². The van der Waals surface area contributed by atoms with Crippen molar-refractivity contribution in [1.82, 2.24) is 0 Å². The van der Waals surface area contributed by atoms with Gasteiger partial charge in [0.25, 0.3) is 0 Å². The van der Waals surface area contributed by atoms with Crippen LogP contribution >= 0.6 is 39.1 Å². The van der Waals surface area contributed by atoms with E-state index < -0.39 is 0 Å². The fourth-order valence-electron chi connectivity index (χ4n) is 1.09. The summed E-state index contributed by atoms with van der Waals surface area (Å²) in [4.78, 5) is 0. The molecular weight excluding hydrogens is 271 g/mol. The van der Waals surface area contributed by atoms with Crippen LogP contribution in [0.5, 0.6) is 0 Å². The lowest BCUT2D eigenvalue weighted by atomic mass is 9.87. The van der Waals surface area contributed by atoms with Gasteiger partial charge in [0.1, 0.15) is 0 Å². The minimum absolute atomic E-state index is 0.0159. The molecule has 0 aliphatic carbocycles. The molecule has 0 N–H and O–H groups in total. The summed E-state index contributed by atoms with van der Waals surface area (Å²) in [6.07, 6.45) is 0. The first-order chi connectivity index (χ1) is 5.97. The monoisotopic (exact) mass is 280 g/mol. The Morgan fingerprint density at radius 2 is 1.92 bits per heavy atom. The molecule has 0 bridgehead atoms. The van der Waals surface area contributed by atoms with Crippen molar-refractivity contribution in [3.05, 3.63) is 33.8 Å². The smallest absolute Gasteiger partial charge is 0.0444 e. The molecule has 13 heavy (non-hydrogen) atoms. The third-order valence-corrected chi connectivity index (χ3v) is 3.96. The average Bonchev–Trinajstić information content (AvgIpc) is 2.09. The molecule has 0 saturated carbocycles. The van der Waals surface area contributed by atoms with Gasteiger partial charge < -0.3 is 0 Å². The molecule has 0 fully saturated rings. The van der Waals surface area contributed by atoms with E-state index in [9.17, 15) is 0 Å². The first kappa shape index (κ1) is 11.4. The van der Waals surface area contributed by atoms with E-state index in [1.807, 2.05) is 12.1 Å². The summed E-state index contributed by atoms with van der Waals surface area (Å²) >= 11 is 15.5. The molecule has 0 radical (unpaired) electrons. The van der Waals surface area contributed by atoms with Gasteiger partial charge in [-0.1, -0.05) is 53.0 Å². The summed E-state index contributed by atoms with van der Waals surface area (Å²) in [5.74, 6) is 0. The zero-order valence-electron chi connectivity index (χ0n) is 7.57. The normalized spacial score (nSPS) is 11.8. The van der Waals surface area contributed by atoms with Crippen molar-refractivity contribution in [2.24, 2.45) is 0 Å². The Hall–Kier alpha value is 0.280. The Morgan fingerprint density at radius 3 is 2.46 bits per heavy atom. The van der Waals surface area contributed by atoms with E-state index in [4.69, 9.17) is 23.2 Å². The van der Waals surface area contributed by atoms with E-state index in [1.165, 1.54) is 0 Å². The second-order valence-electron chi connectivity index (χ2n) is 3.64. The highest BCUT2D eigenvalue weighted by atomic mass is 79.9. The van der Waals surface area contributed by atoms with Gasteiger partial charge in [-0.25, -0.2) is 0 Å². The van der Waals surface area contributed by atoms with Gasteiger partial charge in [0.2, 0.25) is 0 Å². The Kier molecular flexibility index (Phi) is 3.67. The SMILES string of the molecule is CC(C)(CBr)c1cc(Cl)ccc1Cl. The molecule has 1 rings (SSSR count). The highest BCUT2D eigenvalue weighted by Crippen LogP contribution is 2.33. The topological polar surface area (TPSA) is 0 Å². The maximum Gasteiger partial charge on any atom is 0.0444 e. The van der Waals surface area contributed by atoms with Gasteiger partial charge in [0, 0.05) is 20.8 Å². The van der Waals surface area contributed by atoms with E-state index in [2.05, 4.69) is 29.8 Å². The van der Waals surface area contributed by atoms with Crippen molar-refractivity contribution in [3.63, 3.8) is 0 Å². The fraction of sp³-hybridized carbons (Fsp3) is 0.400. The summed E-state index contributed by atoms with van der Waals surface area (Å²) in [6.45, 7) is 4.25. The molecule has 0 atom stereocenters. The van der Waals surface area contributed by atoms with Gasteiger partial charge in [0.05, 0.1) is 0 Å². The molecule has 1 aromatic rings. The van der Waals surface area contributed by atoms with Crippen LogP contribution in [0.2, 0.25) is 10.0 Å². The predicted molar refractivity (Wildman–Crippen MR) is 63.3 cm³/mol. The quantitative estimate of drug-likeness (QED) is 0.692. The number of hydrogen-bond donors (Lipinski definition) is 0.